The number of hydrogen-bond donors (Lipinski definition) is 0. The third-order valence-electron chi connectivity index (χ3n) is 11.1. The lowest BCUT2D eigenvalue weighted by Crippen LogP contribution is -1.96. The Bertz CT molecular complexity index is 3300. The van der Waals surface area contributed by atoms with E-state index in [9.17, 15) is 0 Å². The fraction of sp³-hybridized carbons (Fsp3) is 0. The predicted octanol–water partition coefficient (Wildman–Crippen LogP) is 15.0. The first-order valence-corrected chi connectivity index (χ1v) is 21.2. The van der Waals surface area contributed by atoms with Crippen LogP contribution in [0, 0.1) is 0 Å². The molecule has 0 saturated carbocycles. The lowest BCUT2D eigenvalue weighted by Gasteiger charge is -2.12. The number of nitrogens with zero attached hydrogens (tertiary/aromatic N) is 4. The summed E-state index contributed by atoms with van der Waals surface area (Å²) in [5.74, 6) is 1.43. The van der Waals surface area contributed by atoms with Gasteiger partial charge in [-0.05, 0) is 69.8 Å². The van der Waals surface area contributed by atoms with Crippen LogP contribution in [0.15, 0.2) is 218 Å². The molecule has 3 aromatic heterocycles. The van der Waals surface area contributed by atoms with E-state index in [4.69, 9.17) is 19.9 Å². The van der Waals surface area contributed by atoms with Gasteiger partial charge in [-0.3, -0.25) is 0 Å². The van der Waals surface area contributed by atoms with Crippen molar-refractivity contribution in [3.05, 3.63) is 218 Å². The van der Waals surface area contributed by atoms with Gasteiger partial charge in [0.25, 0.3) is 0 Å². The number of aromatic nitrogens is 4. The molecule has 0 bridgehead atoms. The molecule has 4 nitrogen and oxygen atoms in total. The van der Waals surface area contributed by atoms with Crippen LogP contribution in [0.1, 0.15) is 0 Å². The van der Waals surface area contributed by atoms with E-state index in [1.54, 1.807) is 11.3 Å². The van der Waals surface area contributed by atoms with Gasteiger partial charge in [-0.15, -0.1) is 11.3 Å². The summed E-state index contributed by atoms with van der Waals surface area (Å²) in [4.78, 5) is 21.5. The van der Waals surface area contributed by atoms with Crippen LogP contribution in [0.2, 0.25) is 0 Å². The molecule has 8 aromatic carbocycles. The molecule has 0 fully saturated rings. The average Bonchev–Trinajstić information content (AvgIpc) is 3.73. The van der Waals surface area contributed by atoms with E-state index in [1.165, 1.54) is 10.1 Å². The van der Waals surface area contributed by atoms with E-state index in [0.29, 0.717) is 5.82 Å². The molecule has 11 rings (SSSR count). The predicted molar refractivity (Wildman–Crippen MR) is 254 cm³/mol. The SMILES string of the molecule is c1ccc(-c2cc(-c3cccc(-c4cccc(-c5cccc(-c6cccc(-c7nc(-c8ccccc8)c8c(n7)sc7ccccc78)c6)c5)c4)c3)nc(-c3ccccc3)n2)cc1. The van der Waals surface area contributed by atoms with E-state index in [-0.39, 0.29) is 0 Å². The zero-order chi connectivity index (χ0) is 40.5. The first-order chi connectivity index (χ1) is 30.2. The third kappa shape index (κ3) is 7.18. The van der Waals surface area contributed by atoms with Crippen LogP contribution in [0.3, 0.4) is 0 Å². The zero-order valence-corrected chi connectivity index (χ0v) is 33.8. The maximum absolute atomic E-state index is 5.25. The fourth-order valence-electron chi connectivity index (χ4n) is 8.08. The maximum Gasteiger partial charge on any atom is 0.161 e. The molecule has 0 saturated heterocycles. The summed E-state index contributed by atoms with van der Waals surface area (Å²) in [5.41, 5.74) is 14.7. The van der Waals surface area contributed by atoms with Crippen molar-refractivity contribution in [1.82, 2.24) is 19.9 Å². The highest BCUT2D eigenvalue weighted by molar-refractivity contribution is 7.25. The number of fused-ring (bicyclic) bond motifs is 3. The highest BCUT2D eigenvalue weighted by Gasteiger charge is 2.17. The first-order valence-electron chi connectivity index (χ1n) is 20.4. The monoisotopic (exact) mass is 796 g/mol. The van der Waals surface area contributed by atoms with Crippen molar-refractivity contribution in [2.45, 2.75) is 0 Å². The standard InChI is InChI=1S/C56H36N4S/c1-4-16-37(17-5-1)49-36-50(58-54(57-49)39-20-8-3-9-21-39)46-28-14-26-44(34-46)42-24-12-22-40(32-42)41-23-13-25-43(33-41)45-27-15-29-47(35-45)55-59-53(38-18-6-2-7-19-38)52-48-30-10-11-31-51(48)61-56(52)60-55/h1-36H. The summed E-state index contributed by atoms with van der Waals surface area (Å²) < 4.78 is 1.21. The van der Waals surface area contributed by atoms with Crippen molar-refractivity contribution in [2.24, 2.45) is 0 Å². The summed E-state index contributed by atoms with van der Waals surface area (Å²) in [6, 6.07) is 76.4. The molecule has 5 heteroatoms. The topological polar surface area (TPSA) is 51.6 Å². The number of rotatable bonds is 8. The van der Waals surface area contributed by atoms with Gasteiger partial charge < -0.3 is 0 Å². The second-order valence-corrected chi connectivity index (χ2v) is 16.1. The zero-order valence-electron chi connectivity index (χ0n) is 33.0. The summed E-state index contributed by atoms with van der Waals surface area (Å²) >= 11 is 1.72. The van der Waals surface area contributed by atoms with Gasteiger partial charge in [0.15, 0.2) is 11.6 Å². The molecule has 0 amide bonds. The Morgan fingerprint density at radius 2 is 0.689 bits per heavy atom. The van der Waals surface area contributed by atoms with Crippen LogP contribution in [0.4, 0.5) is 0 Å². The van der Waals surface area contributed by atoms with Crippen molar-refractivity contribution in [1.29, 1.82) is 0 Å². The largest absolute Gasteiger partial charge is 0.228 e. The highest BCUT2D eigenvalue weighted by Crippen LogP contribution is 2.40. The molecule has 0 aliphatic rings. The first kappa shape index (κ1) is 36.2. The van der Waals surface area contributed by atoms with Gasteiger partial charge in [-0.25, -0.2) is 19.9 Å². The van der Waals surface area contributed by atoms with E-state index in [1.807, 2.05) is 42.5 Å². The smallest absolute Gasteiger partial charge is 0.161 e. The third-order valence-corrected chi connectivity index (χ3v) is 12.2. The lowest BCUT2D eigenvalue weighted by atomic mass is 9.95. The number of hydrogen-bond acceptors (Lipinski definition) is 5. The van der Waals surface area contributed by atoms with Gasteiger partial charge in [0.1, 0.15) is 4.83 Å². The molecular formula is C56H36N4S. The van der Waals surface area contributed by atoms with Crippen molar-refractivity contribution in [3.63, 3.8) is 0 Å². The van der Waals surface area contributed by atoms with Crippen molar-refractivity contribution in [3.8, 4) is 89.9 Å². The number of benzene rings is 8. The van der Waals surface area contributed by atoms with Crippen LogP contribution in [0.5, 0.6) is 0 Å². The Morgan fingerprint density at radius 3 is 1.28 bits per heavy atom. The van der Waals surface area contributed by atoms with Gasteiger partial charge in [-0.1, -0.05) is 182 Å². The molecule has 286 valence electrons. The minimum atomic E-state index is 0.705. The van der Waals surface area contributed by atoms with Crippen LogP contribution >= 0.6 is 11.3 Å². The minimum absolute atomic E-state index is 0.705. The quantitative estimate of drug-likeness (QED) is 0.154. The van der Waals surface area contributed by atoms with Crippen LogP contribution < -0.4 is 0 Å². The molecule has 61 heavy (non-hydrogen) atoms. The van der Waals surface area contributed by atoms with Gasteiger partial charge in [0.2, 0.25) is 0 Å². The minimum Gasteiger partial charge on any atom is -0.228 e. The van der Waals surface area contributed by atoms with Crippen LogP contribution in [-0.2, 0) is 0 Å². The normalized spacial score (nSPS) is 11.3. The molecule has 0 N–H and O–H groups in total. The summed E-state index contributed by atoms with van der Waals surface area (Å²) in [5, 5.41) is 2.30. The maximum atomic E-state index is 5.25. The molecule has 0 aliphatic heterocycles. The van der Waals surface area contributed by atoms with Gasteiger partial charge in [0.05, 0.1) is 17.1 Å². The molecule has 0 unspecified atom stereocenters. The Balaban J connectivity index is 0.929. The second-order valence-electron chi connectivity index (χ2n) is 15.1. The summed E-state index contributed by atoms with van der Waals surface area (Å²) in [6.45, 7) is 0. The molecule has 0 spiro atoms. The Kier molecular flexibility index (Phi) is 9.34. The van der Waals surface area contributed by atoms with E-state index >= 15 is 0 Å². The van der Waals surface area contributed by atoms with E-state index in [0.717, 1.165) is 94.3 Å². The lowest BCUT2D eigenvalue weighted by molar-refractivity contribution is 1.18. The Hall–Kier alpha value is -7.86. The van der Waals surface area contributed by atoms with Gasteiger partial charge >= 0.3 is 0 Å². The molecule has 0 atom stereocenters. The highest BCUT2D eigenvalue weighted by atomic mass is 32.1. The van der Waals surface area contributed by atoms with Crippen molar-refractivity contribution in [2.75, 3.05) is 0 Å². The number of thiophene rings is 1. The summed E-state index contributed by atoms with van der Waals surface area (Å²) in [7, 11) is 0. The molecule has 0 radical (unpaired) electrons. The molecular weight excluding hydrogens is 761 g/mol. The van der Waals surface area contributed by atoms with E-state index in [2.05, 4.69) is 176 Å². The second kappa shape index (κ2) is 15.7. The Morgan fingerprint density at radius 1 is 0.279 bits per heavy atom. The van der Waals surface area contributed by atoms with Gasteiger partial charge in [0, 0.05) is 43.3 Å². The van der Waals surface area contributed by atoms with Crippen LogP contribution in [0.25, 0.3) is 110 Å². The van der Waals surface area contributed by atoms with E-state index < -0.39 is 0 Å². The van der Waals surface area contributed by atoms with Crippen molar-refractivity contribution < 1.29 is 0 Å². The summed E-state index contributed by atoms with van der Waals surface area (Å²) in [6.07, 6.45) is 0. The molecule has 0 aliphatic carbocycles. The molecule has 11 aromatic rings. The van der Waals surface area contributed by atoms with Gasteiger partial charge in [-0.2, -0.15) is 0 Å². The van der Waals surface area contributed by atoms with Crippen LogP contribution in [-0.4, -0.2) is 19.9 Å². The Labute approximate surface area is 358 Å². The fourth-order valence-corrected chi connectivity index (χ4v) is 9.15. The average molecular weight is 797 g/mol. The molecule has 3 heterocycles. The van der Waals surface area contributed by atoms with Crippen molar-refractivity contribution >= 4 is 31.6 Å².